The fourth-order valence-electron chi connectivity index (χ4n) is 3.60. The third kappa shape index (κ3) is 2.65. The molecule has 0 heterocycles. The van der Waals surface area contributed by atoms with E-state index in [9.17, 15) is 8.78 Å². The summed E-state index contributed by atoms with van der Waals surface area (Å²) in [6.45, 7) is 0. The highest BCUT2D eigenvalue weighted by molar-refractivity contribution is 5.27. The van der Waals surface area contributed by atoms with Gasteiger partial charge in [-0.2, -0.15) is 0 Å². The minimum absolute atomic E-state index is 0.0125. The quantitative estimate of drug-likeness (QED) is 0.649. The molecule has 0 radical (unpaired) electrons. The van der Waals surface area contributed by atoms with Gasteiger partial charge in [0, 0.05) is 18.9 Å². The summed E-state index contributed by atoms with van der Waals surface area (Å²) in [6.07, 6.45) is 1.64. The van der Waals surface area contributed by atoms with Gasteiger partial charge in [0.15, 0.2) is 0 Å². The molecule has 0 spiro atoms. The summed E-state index contributed by atoms with van der Waals surface area (Å²) in [6, 6.07) is 10.3. The lowest BCUT2D eigenvalue weighted by atomic mass is 9.92. The molecular weight excluding hydrogens is 246 g/mol. The van der Waals surface area contributed by atoms with Crippen LogP contribution in [0.4, 0.5) is 8.78 Å². The van der Waals surface area contributed by atoms with Crippen LogP contribution in [0.25, 0.3) is 0 Å². The Hall–Kier alpha value is -1.00. The molecule has 0 amide bonds. The van der Waals surface area contributed by atoms with E-state index in [0.717, 1.165) is 6.42 Å². The molecule has 19 heavy (non-hydrogen) atoms. The smallest absolute Gasteiger partial charge is 0.248 e. The molecule has 2 saturated carbocycles. The van der Waals surface area contributed by atoms with Crippen molar-refractivity contribution >= 4 is 0 Å². The average molecular weight is 266 g/mol. The van der Waals surface area contributed by atoms with Gasteiger partial charge in [0.1, 0.15) is 0 Å². The summed E-state index contributed by atoms with van der Waals surface area (Å²) < 4.78 is 26.7. The van der Waals surface area contributed by atoms with Gasteiger partial charge < -0.3 is 0 Å². The maximum atomic E-state index is 13.3. The first-order valence-corrected chi connectivity index (χ1v) is 6.99. The highest BCUT2D eigenvalue weighted by Crippen LogP contribution is 2.53. The SMILES string of the molecule is NNC(C1CCC(F)(F)C1)C1CC1c1ccccc1. The Balaban J connectivity index is 1.66. The van der Waals surface area contributed by atoms with Crippen LogP contribution in [0.5, 0.6) is 0 Å². The summed E-state index contributed by atoms with van der Waals surface area (Å²) >= 11 is 0. The predicted molar refractivity (Wildman–Crippen MR) is 70.7 cm³/mol. The molecule has 2 nitrogen and oxygen atoms in total. The van der Waals surface area contributed by atoms with Gasteiger partial charge in [-0.25, -0.2) is 8.78 Å². The second-order valence-corrected chi connectivity index (χ2v) is 5.97. The van der Waals surface area contributed by atoms with Crippen LogP contribution in [0.2, 0.25) is 0 Å². The molecule has 1 aromatic carbocycles. The molecule has 3 rings (SSSR count). The van der Waals surface area contributed by atoms with Crippen LogP contribution in [-0.4, -0.2) is 12.0 Å². The van der Waals surface area contributed by atoms with Crippen LogP contribution < -0.4 is 11.3 Å². The van der Waals surface area contributed by atoms with E-state index in [2.05, 4.69) is 17.6 Å². The first-order valence-electron chi connectivity index (χ1n) is 6.99. The molecule has 0 aliphatic heterocycles. The lowest BCUT2D eigenvalue weighted by Gasteiger charge is -2.23. The average Bonchev–Trinajstić information content (AvgIpc) is 3.10. The van der Waals surface area contributed by atoms with Crippen LogP contribution in [0.15, 0.2) is 30.3 Å². The number of benzene rings is 1. The lowest BCUT2D eigenvalue weighted by Crippen LogP contribution is -2.42. The molecule has 2 aliphatic rings. The standard InChI is InChI=1S/C15H20F2N2/c16-15(17)7-6-11(9-15)14(19-18)13-8-12(13)10-4-2-1-3-5-10/h1-5,11-14,19H,6-9,18H2. The molecule has 3 N–H and O–H groups in total. The van der Waals surface area contributed by atoms with Crippen molar-refractivity contribution in [2.75, 3.05) is 0 Å². The van der Waals surface area contributed by atoms with Gasteiger partial charge in [0.2, 0.25) is 5.92 Å². The Morgan fingerprint density at radius 3 is 2.58 bits per heavy atom. The van der Waals surface area contributed by atoms with Crippen molar-refractivity contribution in [1.29, 1.82) is 0 Å². The van der Waals surface area contributed by atoms with Gasteiger partial charge in [-0.3, -0.25) is 11.3 Å². The second-order valence-electron chi connectivity index (χ2n) is 5.97. The third-order valence-electron chi connectivity index (χ3n) is 4.67. The zero-order valence-electron chi connectivity index (χ0n) is 10.9. The predicted octanol–water partition coefficient (Wildman–Crippen LogP) is 3.06. The van der Waals surface area contributed by atoms with Crippen LogP contribution in [-0.2, 0) is 0 Å². The normalized spacial score (nSPS) is 34.2. The van der Waals surface area contributed by atoms with E-state index in [-0.39, 0.29) is 24.8 Å². The highest BCUT2D eigenvalue weighted by atomic mass is 19.3. The van der Waals surface area contributed by atoms with Crippen molar-refractivity contribution in [1.82, 2.24) is 5.43 Å². The molecule has 0 saturated heterocycles. The van der Waals surface area contributed by atoms with E-state index < -0.39 is 5.92 Å². The number of hydrogen-bond acceptors (Lipinski definition) is 2. The van der Waals surface area contributed by atoms with Gasteiger partial charge in [0.05, 0.1) is 0 Å². The number of hydrogen-bond donors (Lipinski definition) is 2. The Morgan fingerprint density at radius 2 is 2.00 bits per heavy atom. The monoisotopic (exact) mass is 266 g/mol. The molecule has 0 bridgehead atoms. The molecule has 2 aliphatic carbocycles. The van der Waals surface area contributed by atoms with Crippen molar-refractivity contribution in [2.45, 2.75) is 43.6 Å². The minimum atomic E-state index is -2.49. The number of nitrogens with one attached hydrogen (secondary N) is 1. The zero-order chi connectivity index (χ0) is 13.5. The van der Waals surface area contributed by atoms with Crippen molar-refractivity contribution in [3.8, 4) is 0 Å². The Labute approximate surface area is 112 Å². The third-order valence-corrected chi connectivity index (χ3v) is 4.67. The Morgan fingerprint density at radius 1 is 1.26 bits per heavy atom. The number of halogens is 2. The van der Waals surface area contributed by atoms with Gasteiger partial charge in [-0.1, -0.05) is 30.3 Å². The topological polar surface area (TPSA) is 38.0 Å². The van der Waals surface area contributed by atoms with Crippen molar-refractivity contribution in [3.05, 3.63) is 35.9 Å². The molecular formula is C15H20F2N2. The maximum absolute atomic E-state index is 13.3. The first kappa shape index (κ1) is 13.0. The Bertz CT molecular complexity index is 435. The van der Waals surface area contributed by atoms with Gasteiger partial charge in [0.25, 0.3) is 0 Å². The van der Waals surface area contributed by atoms with Gasteiger partial charge in [-0.05, 0) is 36.2 Å². The van der Waals surface area contributed by atoms with E-state index in [1.165, 1.54) is 5.56 Å². The van der Waals surface area contributed by atoms with Crippen LogP contribution in [0.3, 0.4) is 0 Å². The van der Waals surface area contributed by atoms with Gasteiger partial charge in [-0.15, -0.1) is 0 Å². The van der Waals surface area contributed by atoms with Crippen molar-refractivity contribution in [3.63, 3.8) is 0 Å². The highest BCUT2D eigenvalue weighted by Gasteiger charge is 2.50. The fraction of sp³-hybridized carbons (Fsp3) is 0.600. The second kappa shape index (κ2) is 4.84. The van der Waals surface area contributed by atoms with Crippen LogP contribution >= 0.6 is 0 Å². The molecule has 4 heteroatoms. The molecule has 0 aromatic heterocycles. The summed E-state index contributed by atoms with van der Waals surface area (Å²) in [4.78, 5) is 0. The van der Waals surface area contributed by atoms with E-state index >= 15 is 0 Å². The lowest BCUT2D eigenvalue weighted by molar-refractivity contribution is 0.00286. The largest absolute Gasteiger partial charge is 0.271 e. The molecule has 4 atom stereocenters. The molecule has 104 valence electrons. The van der Waals surface area contributed by atoms with Crippen LogP contribution in [0.1, 0.15) is 37.2 Å². The summed E-state index contributed by atoms with van der Waals surface area (Å²) in [7, 11) is 0. The Kier molecular flexibility index (Phi) is 3.31. The minimum Gasteiger partial charge on any atom is -0.271 e. The number of alkyl halides is 2. The van der Waals surface area contributed by atoms with Gasteiger partial charge >= 0.3 is 0 Å². The number of rotatable bonds is 4. The summed E-state index contributed by atoms with van der Waals surface area (Å²) in [5.74, 6) is 4.04. The van der Waals surface area contributed by atoms with E-state index in [4.69, 9.17) is 5.84 Å². The van der Waals surface area contributed by atoms with E-state index in [1.807, 2.05) is 18.2 Å². The van der Waals surface area contributed by atoms with E-state index in [1.54, 1.807) is 0 Å². The maximum Gasteiger partial charge on any atom is 0.248 e. The summed E-state index contributed by atoms with van der Waals surface area (Å²) in [5, 5.41) is 0. The number of hydrazine groups is 1. The zero-order valence-corrected chi connectivity index (χ0v) is 10.9. The summed E-state index contributed by atoms with van der Waals surface area (Å²) in [5.41, 5.74) is 4.11. The molecule has 4 unspecified atom stereocenters. The van der Waals surface area contributed by atoms with Crippen molar-refractivity contribution < 1.29 is 8.78 Å². The van der Waals surface area contributed by atoms with E-state index in [0.29, 0.717) is 18.3 Å². The first-order chi connectivity index (χ1) is 9.11. The molecule has 1 aromatic rings. The molecule has 2 fully saturated rings. The fourth-order valence-corrected chi connectivity index (χ4v) is 3.60. The number of nitrogens with two attached hydrogens (primary N) is 1. The van der Waals surface area contributed by atoms with Crippen molar-refractivity contribution in [2.24, 2.45) is 17.7 Å². The van der Waals surface area contributed by atoms with Crippen LogP contribution in [0, 0.1) is 11.8 Å².